The summed E-state index contributed by atoms with van der Waals surface area (Å²) in [7, 11) is 0. The van der Waals surface area contributed by atoms with Crippen molar-refractivity contribution in [2.75, 3.05) is 0 Å². The minimum absolute atomic E-state index is 0.389. The summed E-state index contributed by atoms with van der Waals surface area (Å²) in [5.41, 5.74) is 9.10. The molecule has 0 saturated carbocycles. The van der Waals surface area contributed by atoms with E-state index in [2.05, 4.69) is 26.2 Å². The van der Waals surface area contributed by atoms with E-state index >= 15 is 0 Å². The standard InChI is InChI=1S/C13H14BrN3OS/c1-8-11(19-7-17-8)6-16-12(13(15)18)9-3-2-4-10(14)5-9/h2-5,7,12,16H,6H2,1H3,(H2,15,18)/t12-/m0/s1. The van der Waals surface area contributed by atoms with E-state index in [0.717, 1.165) is 20.6 Å². The molecule has 0 aliphatic heterocycles. The van der Waals surface area contributed by atoms with E-state index in [9.17, 15) is 4.79 Å². The first-order chi connectivity index (χ1) is 9.08. The van der Waals surface area contributed by atoms with Crippen molar-refractivity contribution in [3.63, 3.8) is 0 Å². The summed E-state index contributed by atoms with van der Waals surface area (Å²) in [5.74, 6) is -0.389. The Kier molecular flexibility index (Phi) is 4.68. The Morgan fingerprint density at radius 2 is 2.37 bits per heavy atom. The van der Waals surface area contributed by atoms with Gasteiger partial charge in [-0.25, -0.2) is 4.98 Å². The molecule has 0 bridgehead atoms. The van der Waals surface area contributed by atoms with Crippen LogP contribution in [0.5, 0.6) is 0 Å². The number of benzene rings is 1. The van der Waals surface area contributed by atoms with E-state index < -0.39 is 6.04 Å². The van der Waals surface area contributed by atoms with Crippen molar-refractivity contribution >= 4 is 33.2 Å². The maximum absolute atomic E-state index is 11.6. The van der Waals surface area contributed by atoms with Gasteiger partial charge in [0, 0.05) is 15.9 Å². The maximum atomic E-state index is 11.6. The zero-order valence-electron chi connectivity index (χ0n) is 10.4. The van der Waals surface area contributed by atoms with Crippen LogP contribution in [0.3, 0.4) is 0 Å². The summed E-state index contributed by atoms with van der Waals surface area (Å²) >= 11 is 4.96. The summed E-state index contributed by atoms with van der Waals surface area (Å²) in [6.07, 6.45) is 0. The number of nitrogens with two attached hydrogens (primary N) is 1. The lowest BCUT2D eigenvalue weighted by Gasteiger charge is -2.15. The number of primary amides is 1. The number of hydrogen-bond acceptors (Lipinski definition) is 4. The molecule has 0 saturated heterocycles. The van der Waals surface area contributed by atoms with Gasteiger partial charge in [-0.15, -0.1) is 11.3 Å². The van der Waals surface area contributed by atoms with Crippen LogP contribution in [0, 0.1) is 6.92 Å². The molecule has 0 aliphatic carbocycles. The number of nitrogens with zero attached hydrogens (tertiary/aromatic N) is 1. The van der Waals surface area contributed by atoms with Crippen molar-refractivity contribution in [1.82, 2.24) is 10.3 Å². The Balaban J connectivity index is 2.13. The van der Waals surface area contributed by atoms with Crippen molar-refractivity contribution in [2.24, 2.45) is 5.73 Å². The molecule has 2 rings (SSSR count). The molecule has 0 spiro atoms. The van der Waals surface area contributed by atoms with Gasteiger partial charge in [0.05, 0.1) is 11.2 Å². The zero-order chi connectivity index (χ0) is 13.8. The number of amides is 1. The number of carbonyl (C=O) groups is 1. The highest BCUT2D eigenvalue weighted by Crippen LogP contribution is 2.20. The molecule has 0 aliphatic rings. The van der Waals surface area contributed by atoms with Crippen molar-refractivity contribution in [3.8, 4) is 0 Å². The first-order valence-electron chi connectivity index (χ1n) is 5.75. The lowest BCUT2D eigenvalue weighted by Crippen LogP contribution is -2.33. The van der Waals surface area contributed by atoms with Gasteiger partial charge in [-0.2, -0.15) is 0 Å². The number of hydrogen-bond donors (Lipinski definition) is 2. The fourth-order valence-electron chi connectivity index (χ4n) is 1.76. The Morgan fingerprint density at radius 3 is 2.95 bits per heavy atom. The Bertz CT molecular complexity index is 585. The van der Waals surface area contributed by atoms with Crippen LogP contribution in [-0.2, 0) is 11.3 Å². The van der Waals surface area contributed by atoms with Crippen molar-refractivity contribution in [2.45, 2.75) is 19.5 Å². The van der Waals surface area contributed by atoms with E-state index in [1.807, 2.05) is 31.2 Å². The van der Waals surface area contributed by atoms with Gasteiger partial charge < -0.3 is 5.73 Å². The van der Waals surface area contributed by atoms with Gasteiger partial charge in [0.2, 0.25) is 5.91 Å². The molecule has 0 radical (unpaired) electrons. The van der Waals surface area contributed by atoms with Gasteiger partial charge in [0.1, 0.15) is 6.04 Å². The number of carbonyl (C=O) groups excluding carboxylic acids is 1. The lowest BCUT2D eigenvalue weighted by molar-refractivity contribution is -0.120. The van der Waals surface area contributed by atoms with E-state index in [1.165, 1.54) is 0 Å². The zero-order valence-corrected chi connectivity index (χ0v) is 12.8. The molecule has 3 N–H and O–H groups in total. The molecular weight excluding hydrogens is 326 g/mol. The molecule has 100 valence electrons. The van der Waals surface area contributed by atoms with Crippen LogP contribution >= 0.6 is 27.3 Å². The molecule has 0 fully saturated rings. The van der Waals surface area contributed by atoms with Crippen LogP contribution in [0.4, 0.5) is 0 Å². The van der Waals surface area contributed by atoms with Crippen LogP contribution in [-0.4, -0.2) is 10.9 Å². The normalized spacial score (nSPS) is 12.3. The number of thiazole rings is 1. The van der Waals surface area contributed by atoms with Gasteiger partial charge in [-0.05, 0) is 24.6 Å². The molecular formula is C13H14BrN3OS. The van der Waals surface area contributed by atoms with E-state index in [1.54, 1.807) is 16.8 Å². The average molecular weight is 340 g/mol. The minimum atomic E-state index is -0.501. The van der Waals surface area contributed by atoms with Crippen LogP contribution in [0.2, 0.25) is 0 Å². The SMILES string of the molecule is Cc1ncsc1CN[C@H](C(N)=O)c1cccc(Br)c1. The second kappa shape index (κ2) is 6.27. The number of nitrogens with one attached hydrogen (secondary N) is 1. The third-order valence-corrected chi connectivity index (χ3v) is 4.21. The van der Waals surface area contributed by atoms with Crippen LogP contribution in [0.15, 0.2) is 34.2 Å². The van der Waals surface area contributed by atoms with Crippen molar-refractivity contribution in [3.05, 3.63) is 50.4 Å². The fourth-order valence-corrected chi connectivity index (χ4v) is 2.90. The molecule has 1 aromatic carbocycles. The van der Waals surface area contributed by atoms with Gasteiger partial charge in [0.25, 0.3) is 0 Å². The third kappa shape index (κ3) is 3.62. The Labute approximate surface area is 124 Å². The lowest BCUT2D eigenvalue weighted by atomic mass is 10.1. The first-order valence-corrected chi connectivity index (χ1v) is 7.42. The predicted molar refractivity (Wildman–Crippen MR) is 79.8 cm³/mol. The molecule has 2 aromatic rings. The quantitative estimate of drug-likeness (QED) is 0.879. The number of aromatic nitrogens is 1. The molecule has 6 heteroatoms. The molecule has 1 heterocycles. The topological polar surface area (TPSA) is 68.0 Å². The number of halogens is 1. The first kappa shape index (κ1) is 14.2. The molecule has 1 amide bonds. The molecule has 19 heavy (non-hydrogen) atoms. The van der Waals surface area contributed by atoms with E-state index in [0.29, 0.717) is 6.54 Å². The second-order valence-electron chi connectivity index (χ2n) is 4.13. The fraction of sp³-hybridized carbons (Fsp3) is 0.231. The van der Waals surface area contributed by atoms with Crippen LogP contribution < -0.4 is 11.1 Å². The Hall–Kier alpha value is -1.24. The summed E-state index contributed by atoms with van der Waals surface area (Å²) in [6.45, 7) is 2.53. The maximum Gasteiger partial charge on any atom is 0.239 e. The van der Waals surface area contributed by atoms with Crippen molar-refractivity contribution < 1.29 is 4.79 Å². The highest BCUT2D eigenvalue weighted by Gasteiger charge is 2.18. The van der Waals surface area contributed by atoms with E-state index in [4.69, 9.17) is 5.73 Å². The van der Waals surface area contributed by atoms with Crippen molar-refractivity contribution in [1.29, 1.82) is 0 Å². The molecule has 1 aromatic heterocycles. The van der Waals surface area contributed by atoms with Gasteiger partial charge in [-0.1, -0.05) is 28.1 Å². The van der Waals surface area contributed by atoms with Gasteiger partial charge in [0.15, 0.2) is 0 Å². The second-order valence-corrected chi connectivity index (χ2v) is 5.99. The highest BCUT2D eigenvalue weighted by atomic mass is 79.9. The molecule has 0 unspecified atom stereocenters. The number of rotatable bonds is 5. The summed E-state index contributed by atoms with van der Waals surface area (Å²) in [4.78, 5) is 16.9. The Morgan fingerprint density at radius 1 is 1.58 bits per heavy atom. The van der Waals surface area contributed by atoms with Gasteiger partial charge in [-0.3, -0.25) is 10.1 Å². The van der Waals surface area contributed by atoms with Crippen LogP contribution in [0.25, 0.3) is 0 Å². The minimum Gasteiger partial charge on any atom is -0.368 e. The molecule has 4 nitrogen and oxygen atoms in total. The predicted octanol–water partition coefficient (Wildman–Crippen LogP) is 2.53. The third-order valence-electron chi connectivity index (χ3n) is 2.78. The summed E-state index contributed by atoms with van der Waals surface area (Å²) in [5, 5.41) is 3.18. The van der Waals surface area contributed by atoms with Gasteiger partial charge >= 0.3 is 0 Å². The average Bonchev–Trinajstić information content (AvgIpc) is 2.75. The smallest absolute Gasteiger partial charge is 0.239 e. The molecule has 1 atom stereocenters. The largest absolute Gasteiger partial charge is 0.368 e. The number of aryl methyl sites for hydroxylation is 1. The summed E-state index contributed by atoms with van der Waals surface area (Å²) in [6, 6.07) is 7.07. The summed E-state index contributed by atoms with van der Waals surface area (Å²) < 4.78 is 0.923. The van der Waals surface area contributed by atoms with E-state index in [-0.39, 0.29) is 5.91 Å². The monoisotopic (exact) mass is 339 g/mol. The highest BCUT2D eigenvalue weighted by molar-refractivity contribution is 9.10. The van der Waals surface area contributed by atoms with Crippen LogP contribution in [0.1, 0.15) is 22.2 Å².